The summed E-state index contributed by atoms with van der Waals surface area (Å²) >= 11 is 1.19. The van der Waals surface area contributed by atoms with E-state index >= 15 is 0 Å². The molecule has 0 aliphatic carbocycles. The van der Waals surface area contributed by atoms with Crippen LogP contribution in [0.25, 0.3) is 0 Å². The zero-order valence-electron chi connectivity index (χ0n) is 15.5. The lowest BCUT2D eigenvalue weighted by molar-refractivity contribution is -0.125. The van der Waals surface area contributed by atoms with Crippen molar-refractivity contribution < 1.29 is 9.59 Å². The second kappa shape index (κ2) is 10.2. The van der Waals surface area contributed by atoms with Crippen molar-refractivity contribution in [1.29, 1.82) is 5.26 Å². The molecule has 1 aliphatic rings. The first-order chi connectivity index (χ1) is 14.1. The van der Waals surface area contributed by atoms with Crippen molar-refractivity contribution in [3.8, 4) is 6.07 Å². The third kappa shape index (κ3) is 6.30. The lowest BCUT2D eigenvalue weighted by atomic mass is 10.1. The minimum atomic E-state index is -0.518. The fraction of sp³-hybridized carbons (Fsp3) is 0.190. The van der Waals surface area contributed by atoms with E-state index in [4.69, 9.17) is 5.26 Å². The Morgan fingerprint density at radius 3 is 2.69 bits per heavy atom. The molecule has 1 aliphatic heterocycles. The molecule has 0 bridgehead atoms. The number of rotatable bonds is 7. The van der Waals surface area contributed by atoms with Crippen molar-refractivity contribution in [1.82, 2.24) is 10.6 Å². The summed E-state index contributed by atoms with van der Waals surface area (Å²) in [6, 6.07) is 18.8. The highest BCUT2D eigenvalue weighted by molar-refractivity contribution is 8.15. The highest BCUT2D eigenvalue weighted by atomic mass is 32.2. The molecule has 0 saturated carbocycles. The zero-order valence-corrected chi connectivity index (χ0v) is 16.4. The standard InChI is InChI=1S/C21H19N5O2S/c22-13-16-6-8-17(9-7-16)14-24-26-21-25-20(28)18(29-21)12-19(27)23-11-10-15-4-2-1-3-5-15/h1-9,14,18H,10-12H2,(H,23,27)(H,25,26,28)/b24-14-/t18-/m1/s1. The zero-order chi connectivity index (χ0) is 20.5. The second-order valence-corrected chi connectivity index (χ2v) is 7.46. The van der Waals surface area contributed by atoms with Crippen molar-refractivity contribution in [3.63, 3.8) is 0 Å². The summed E-state index contributed by atoms with van der Waals surface area (Å²) < 4.78 is 0. The Hall–Kier alpha value is -3.44. The first-order valence-corrected chi connectivity index (χ1v) is 9.91. The molecule has 146 valence electrons. The molecule has 0 spiro atoms. The summed E-state index contributed by atoms with van der Waals surface area (Å²) in [7, 11) is 0. The third-order valence-electron chi connectivity index (χ3n) is 4.12. The Labute approximate surface area is 172 Å². The number of amides is 2. The highest BCUT2D eigenvalue weighted by Gasteiger charge is 2.32. The number of nitrogens with one attached hydrogen (secondary N) is 2. The van der Waals surface area contributed by atoms with Crippen LogP contribution in [-0.4, -0.2) is 35.0 Å². The van der Waals surface area contributed by atoms with Gasteiger partial charge in [-0.3, -0.25) is 9.59 Å². The van der Waals surface area contributed by atoms with Crippen LogP contribution in [0.4, 0.5) is 0 Å². The fourth-order valence-corrected chi connectivity index (χ4v) is 3.53. The minimum Gasteiger partial charge on any atom is -0.356 e. The number of nitriles is 1. The Balaban J connectivity index is 1.45. The number of hydrogen-bond acceptors (Lipinski definition) is 6. The summed E-state index contributed by atoms with van der Waals surface area (Å²) in [6.07, 6.45) is 2.36. The lowest BCUT2D eigenvalue weighted by Gasteiger charge is -2.07. The molecule has 0 radical (unpaired) electrons. The van der Waals surface area contributed by atoms with E-state index < -0.39 is 5.25 Å². The number of hydrogen-bond donors (Lipinski definition) is 2. The third-order valence-corrected chi connectivity index (χ3v) is 5.19. The van der Waals surface area contributed by atoms with Crippen LogP contribution >= 0.6 is 11.8 Å². The molecule has 2 aromatic carbocycles. The quantitative estimate of drug-likeness (QED) is 0.544. The lowest BCUT2D eigenvalue weighted by Crippen LogP contribution is -2.32. The van der Waals surface area contributed by atoms with E-state index in [0.717, 1.165) is 17.5 Å². The van der Waals surface area contributed by atoms with Gasteiger partial charge in [0.1, 0.15) is 5.25 Å². The Kier molecular flexibility index (Phi) is 7.14. The van der Waals surface area contributed by atoms with Crippen LogP contribution in [0.2, 0.25) is 0 Å². The number of carbonyl (C=O) groups is 2. The predicted molar refractivity (Wildman–Crippen MR) is 113 cm³/mol. The Morgan fingerprint density at radius 2 is 1.97 bits per heavy atom. The average molecular weight is 405 g/mol. The second-order valence-electron chi connectivity index (χ2n) is 6.27. The molecule has 2 N–H and O–H groups in total. The summed E-state index contributed by atoms with van der Waals surface area (Å²) in [5.41, 5.74) is 2.50. The Morgan fingerprint density at radius 1 is 1.21 bits per heavy atom. The molecule has 2 amide bonds. The first-order valence-electron chi connectivity index (χ1n) is 9.03. The van der Waals surface area contributed by atoms with Gasteiger partial charge in [0.05, 0.1) is 17.8 Å². The number of carbonyl (C=O) groups excluding carboxylic acids is 2. The molecule has 1 saturated heterocycles. The van der Waals surface area contributed by atoms with Gasteiger partial charge in [0.25, 0.3) is 0 Å². The van der Waals surface area contributed by atoms with Crippen LogP contribution in [0, 0.1) is 11.3 Å². The maximum absolute atomic E-state index is 12.1. The van der Waals surface area contributed by atoms with Gasteiger partial charge in [-0.1, -0.05) is 54.2 Å². The molecular weight excluding hydrogens is 386 g/mol. The van der Waals surface area contributed by atoms with Gasteiger partial charge in [-0.2, -0.15) is 10.4 Å². The number of thioether (sulfide) groups is 1. The normalized spacial score (nSPS) is 17.3. The van der Waals surface area contributed by atoms with Gasteiger partial charge in [-0.25, -0.2) is 0 Å². The van der Waals surface area contributed by atoms with E-state index in [1.165, 1.54) is 18.0 Å². The van der Waals surface area contributed by atoms with E-state index in [1.807, 2.05) is 36.4 Å². The monoisotopic (exact) mass is 405 g/mol. The first kappa shape index (κ1) is 20.3. The van der Waals surface area contributed by atoms with Crippen molar-refractivity contribution in [2.24, 2.45) is 10.2 Å². The molecule has 1 fully saturated rings. The molecular formula is C21H19N5O2S. The van der Waals surface area contributed by atoms with E-state index in [9.17, 15) is 9.59 Å². The predicted octanol–water partition coefficient (Wildman–Crippen LogP) is 2.23. The van der Waals surface area contributed by atoms with Gasteiger partial charge in [0, 0.05) is 13.0 Å². The molecule has 7 nitrogen and oxygen atoms in total. The van der Waals surface area contributed by atoms with Crippen LogP contribution in [-0.2, 0) is 16.0 Å². The molecule has 8 heteroatoms. The average Bonchev–Trinajstić information content (AvgIpc) is 3.08. The molecule has 3 rings (SSSR count). The van der Waals surface area contributed by atoms with E-state index in [1.54, 1.807) is 24.3 Å². The summed E-state index contributed by atoms with van der Waals surface area (Å²) in [4.78, 5) is 24.1. The fourth-order valence-electron chi connectivity index (χ4n) is 2.61. The molecule has 0 unspecified atom stereocenters. The van der Waals surface area contributed by atoms with Crippen molar-refractivity contribution in [2.45, 2.75) is 18.1 Å². The van der Waals surface area contributed by atoms with Gasteiger partial charge >= 0.3 is 0 Å². The number of amidine groups is 1. The van der Waals surface area contributed by atoms with Crippen molar-refractivity contribution >= 4 is 35.0 Å². The van der Waals surface area contributed by atoms with Gasteiger partial charge < -0.3 is 10.6 Å². The topological polar surface area (TPSA) is 107 Å². The number of benzene rings is 2. The molecule has 29 heavy (non-hydrogen) atoms. The maximum Gasteiger partial charge on any atom is 0.240 e. The molecule has 0 aromatic heterocycles. The SMILES string of the molecule is N#Cc1ccc(/C=N\N=C2\NC(=O)[C@@H](CC(=O)NCCc3ccccc3)S2)cc1. The maximum atomic E-state index is 12.1. The smallest absolute Gasteiger partial charge is 0.240 e. The van der Waals surface area contributed by atoms with E-state index in [-0.39, 0.29) is 18.2 Å². The minimum absolute atomic E-state index is 0.0870. The van der Waals surface area contributed by atoms with Crippen molar-refractivity contribution in [3.05, 3.63) is 71.3 Å². The van der Waals surface area contributed by atoms with Crippen molar-refractivity contribution in [2.75, 3.05) is 6.54 Å². The number of nitrogens with zero attached hydrogens (tertiary/aromatic N) is 3. The Bertz CT molecular complexity index is 965. The van der Waals surface area contributed by atoms with Crippen LogP contribution < -0.4 is 10.6 Å². The summed E-state index contributed by atoms with van der Waals surface area (Å²) in [5, 5.41) is 22.0. The van der Waals surface area contributed by atoms with E-state index in [2.05, 4.69) is 20.8 Å². The van der Waals surface area contributed by atoms with Crippen LogP contribution in [0.15, 0.2) is 64.8 Å². The van der Waals surface area contributed by atoms with E-state index in [0.29, 0.717) is 17.3 Å². The largest absolute Gasteiger partial charge is 0.356 e. The van der Waals surface area contributed by atoms with Crippen LogP contribution in [0.1, 0.15) is 23.1 Å². The summed E-state index contributed by atoms with van der Waals surface area (Å²) in [6.45, 7) is 0.525. The molecule has 1 atom stereocenters. The van der Waals surface area contributed by atoms with Crippen LogP contribution in [0.5, 0.6) is 0 Å². The van der Waals surface area contributed by atoms with Gasteiger partial charge in [-0.15, -0.1) is 5.10 Å². The van der Waals surface area contributed by atoms with Crippen LogP contribution in [0.3, 0.4) is 0 Å². The summed E-state index contributed by atoms with van der Waals surface area (Å²) in [5.74, 6) is -0.420. The van der Waals surface area contributed by atoms with Gasteiger partial charge in [-0.05, 0) is 29.7 Å². The molecule has 2 aromatic rings. The highest BCUT2D eigenvalue weighted by Crippen LogP contribution is 2.22. The van der Waals surface area contributed by atoms with Gasteiger partial charge in [0.15, 0.2) is 5.17 Å². The molecule has 1 heterocycles. The van der Waals surface area contributed by atoms with Gasteiger partial charge in [0.2, 0.25) is 11.8 Å².